The smallest absolute Gasteiger partial charge is 0.351 e. The number of aromatic nitrogens is 4. The van der Waals surface area contributed by atoms with Crippen LogP contribution in [-0.2, 0) is 11.8 Å². The summed E-state index contributed by atoms with van der Waals surface area (Å²) in [6, 6.07) is 0. The molecule has 0 amide bonds. The summed E-state index contributed by atoms with van der Waals surface area (Å²) in [4.78, 5) is 12.6. The summed E-state index contributed by atoms with van der Waals surface area (Å²) in [7, 11) is 1.76. The highest BCUT2D eigenvalue weighted by Crippen LogP contribution is 2.35. The molecule has 0 spiro atoms. The molecular weight excluding hydrogens is 242 g/mol. The maximum atomic E-state index is 10.6. The zero-order valence-electron chi connectivity index (χ0n) is 9.35. The quantitative estimate of drug-likeness (QED) is 0.752. The van der Waals surface area contributed by atoms with Crippen LogP contribution in [0.4, 0.5) is 0 Å². The van der Waals surface area contributed by atoms with Crippen molar-refractivity contribution in [2.24, 2.45) is 7.05 Å². The van der Waals surface area contributed by atoms with Crippen molar-refractivity contribution in [1.29, 1.82) is 0 Å². The van der Waals surface area contributed by atoms with E-state index in [4.69, 9.17) is 5.11 Å². The number of fused-ring (bicyclic) bond motifs is 1. The largest absolute Gasteiger partial charge is 0.477 e. The lowest BCUT2D eigenvalue weighted by atomic mass is 10.2. The molecule has 3 heterocycles. The number of hydrogen-bond donors (Lipinski definition) is 1. The van der Waals surface area contributed by atoms with Gasteiger partial charge < -0.3 is 10.0 Å². The predicted molar refractivity (Wildman–Crippen MR) is 62.1 cm³/mol. The number of aryl methyl sites for hydroxylation is 1. The fourth-order valence-corrected chi connectivity index (χ4v) is 2.73. The number of carboxylic acids is 1. The maximum absolute atomic E-state index is 10.6. The Balaban J connectivity index is 0.000000153. The number of carboxylic acid groups (broad SMARTS) is 1. The average molecular weight is 255 g/mol. The second-order valence-electron chi connectivity index (χ2n) is 3.65. The lowest BCUT2D eigenvalue weighted by molar-refractivity contribution is -0.135. The van der Waals surface area contributed by atoms with Gasteiger partial charge in [0.05, 0.1) is 5.37 Å². The second-order valence-corrected chi connectivity index (χ2v) is 4.86. The number of carbonyl (C=O) groups is 1. The molecule has 2 aliphatic heterocycles. The van der Waals surface area contributed by atoms with Gasteiger partial charge in [-0.25, -0.2) is 9.48 Å². The normalized spacial score (nSPS) is 21.6. The summed E-state index contributed by atoms with van der Waals surface area (Å²) in [6.07, 6.45) is 4.46. The first kappa shape index (κ1) is 11.9. The Hall–Kier alpha value is -1.57. The monoisotopic (exact) mass is 255 g/mol. The highest BCUT2D eigenvalue weighted by atomic mass is 32.2. The zero-order valence-corrected chi connectivity index (χ0v) is 10.2. The standard InChI is InChI=1S/C7H9NO2S.C2H4N4/c9-7(10)5-2-4-11-6-1-3-8(5)6;1-6-2-3-4-5-6/h2,6H,1,3-4H2,(H,9,10);2H,1H3. The number of tetrazole rings is 1. The third kappa shape index (κ3) is 2.76. The van der Waals surface area contributed by atoms with Crippen LogP contribution in [0.1, 0.15) is 6.42 Å². The molecule has 0 saturated carbocycles. The van der Waals surface area contributed by atoms with Crippen LogP contribution in [0.25, 0.3) is 0 Å². The van der Waals surface area contributed by atoms with E-state index in [1.807, 2.05) is 16.7 Å². The van der Waals surface area contributed by atoms with Crippen LogP contribution >= 0.6 is 11.8 Å². The molecule has 3 rings (SSSR count). The van der Waals surface area contributed by atoms with Crippen LogP contribution in [0, 0.1) is 0 Å². The SMILES string of the molecule is Cn1cnnn1.O=C(O)C1=CCSC2CCN12. The predicted octanol–water partition coefficient (Wildman–Crippen LogP) is -0.0564. The van der Waals surface area contributed by atoms with Crippen molar-refractivity contribution in [3.05, 3.63) is 18.1 Å². The van der Waals surface area contributed by atoms with Gasteiger partial charge >= 0.3 is 5.97 Å². The minimum atomic E-state index is -0.782. The van der Waals surface area contributed by atoms with Crippen LogP contribution < -0.4 is 0 Å². The summed E-state index contributed by atoms with van der Waals surface area (Å²) in [5.41, 5.74) is 0.500. The average Bonchev–Trinajstić information content (AvgIpc) is 2.71. The Kier molecular flexibility index (Phi) is 3.62. The molecule has 0 radical (unpaired) electrons. The van der Waals surface area contributed by atoms with Crippen LogP contribution in [0.5, 0.6) is 0 Å². The van der Waals surface area contributed by atoms with Gasteiger partial charge in [0, 0.05) is 19.3 Å². The number of thioether (sulfide) groups is 1. The minimum absolute atomic E-state index is 0.450. The summed E-state index contributed by atoms with van der Waals surface area (Å²) >= 11 is 1.82. The van der Waals surface area contributed by atoms with Gasteiger partial charge in [-0.15, -0.1) is 16.9 Å². The van der Waals surface area contributed by atoms with Crippen molar-refractivity contribution in [3.8, 4) is 0 Å². The van der Waals surface area contributed by atoms with Gasteiger partial charge in [-0.3, -0.25) is 0 Å². The van der Waals surface area contributed by atoms with E-state index in [2.05, 4.69) is 15.5 Å². The van der Waals surface area contributed by atoms with E-state index < -0.39 is 5.97 Å². The molecule has 1 N–H and O–H groups in total. The molecule has 1 aromatic rings. The molecule has 1 unspecified atom stereocenters. The lowest BCUT2D eigenvalue weighted by Crippen LogP contribution is -2.48. The van der Waals surface area contributed by atoms with Crippen molar-refractivity contribution in [2.75, 3.05) is 12.3 Å². The molecule has 2 aliphatic rings. The number of aliphatic carboxylic acids is 1. The molecular formula is C9H13N5O2S. The highest BCUT2D eigenvalue weighted by Gasteiger charge is 2.34. The molecule has 8 heteroatoms. The molecule has 1 atom stereocenters. The van der Waals surface area contributed by atoms with Crippen molar-refractivity contribution in [2.45, 2.75) is 11.8 Å². The summed E-state index contributed by atoms with van der Waals surface area (Å²) in [6.45, 7) is 0.913. The second kappa shape index (κ2) is 5.17. The third-order valence-electron chi connectivity index (χ3n) is 2.51. The van der Waals surface area contributed by atoms with Crippen LogP contribution in [0.15, 0.2) is 18.1 Å². The van der Waals surface area contributed by atoms with Gasteiger partial charge in [-0.05, 0) is 22.9 Å². The summed E-state index contributed by atoms with van der Waals surface area (Å²) in [5, 5.41) is 19.4. The lowest BCUT2D eigenvalue weighted by Gasteiger charge is -2.44. The molecule has 1 saturated heterocycles. The maximum Gasteiger partial charge on any atom is 0.351 e. The Morgan fingerprint density at radius 1 is 1.65 bits per heavy atom. The number of rotatable bonds is 1. The minimum Gasteiger partial charge on any atom is -0.477 e. The first-order valence-corrected chi connectivity index (χ1v) is 6.22. The van der Waals surface area contributed by atoms with E-state index in [1.165, 1.54) is 11.0 Å². The van der Waals surface area contributed by atoms with E-state index in [-0.39, 0.29) is 0 Å². The molecule has 1 aromatic heterocycles. The van der Waals surface area contributed by atoms with E-state index in [0.29, 0.717) is 11.1 Å². The Labute approximate surface area is 102 Å². The van der Waals surface area contributed by atoms with Gasteiger partial charge in [-0.2, -0.15) is 0 Å². The number of nitrogens with zero attached hydrogens (tertiary/aromatic N) is 5. The molecule has 17 heavy (non-hydrogen) atoms. The van der Waals surface area contributed by atoms with Gasteiger partial charge in [0.15, 0.2) is 0 Å². The van der Waals surface area contributed by atoms with Crippen LogP contribution in [-0.4, -0.2) is 53.9 Å². The first-order valence-electron chi connectivity index (χ1n) is 5.17. The topological polar surface area (TPSA) is 84.1 Å². The molecule has 92 valence electrons. The Bertz CT molecular complexity index is 419. The van der Waals surface area contributed by atoms with Gasteiger partial charge in [0.25, 0.3) is 0 Å². The summed E-state index contributed by atoms with van der Waals surface area (Å²) < 4.78 is 1.53. The van der Waals surface area contributed by atoms with Crippen molar-refractivity contribution in [3.63, 3.8) is 0 Å². The molecule has 0 bridgehead atoms. The molecule has 7 nitrogen and oxygen atoms in total. The molecule has 0 aromatic carbocycles. The molecule has 0 aliphatic carbocycles. The zero-order chi connectivity index (χ0) is 12.3. The van der Waals surface area contributed by atoms with Gasteiger partial charge in [0.2, 0.25) is 0 Å². The van der Waals surface area contributed by atoms with Crippen LogP contribution in [0.3, 0.4) is 0 Å². The van der Waals surface area contributed by atoms with E-state index in [9.17, 15) is 4.79 Å². The van der Waals surface area contributed by atoms with Crippen LogP contribution in [0.2, 0.25) is 0 Å². The van der Waals surface area contributed by atoms with E-state index >= 15 is 0 Å². The van der Waals surface area contributed by atoms with Crippen molar-refractivity contribution >= 4 is 17.7 Å². The first-order chi connectivity index (χ1) is 8.18. The fourth-order valence-electron chi connectivity index (χ4n) is 1.59. The Morgan fingerprint density at radius 2 is 2.47 bits per heavy atom. The third-order valence-corrected chi connectivity index (χ3v) is 3.74. The van der Waals surface area contributed by atoms with Gasteiger partial charge in [0.1, 0.15) is 12.0 Å². The molecule has 1 fully saturated rings. The van der Waals surface area contributed by atoms with E-state index in [0.717, 1.165) is 18.7 Å². The van der Waals surface area contributed by atoms with Crippen molar-refractivity contribution < 1.29 is 9.90 Å². The highest BCUT2D eigenvalue weighted by molar-refractivity contribution is 8.00. The van der Waals surface area contributed by atoms with E-state index in [1.54, 1.807) is 13.1 Å². The summed E-state index contributed by atoms with van der Waals surface area (Å²) in [5.74, 6) is 0.0676. The number of hydrogen-bond acceptors (Lipinski definition) is 6. The fraction of sp³-hybridized carbons (Fsp3) is 0.556. The van der Waals surface area contributed by atoms with Crippen molar-refractivity contribution in [1.82, 2.24) is 25.1 Å². The van der Waals surface area contributed by atoms with Gasteiger partial charge in [-0.1, -0.05) is 0 Å². The Morgan fingerprint density at radius 3 is 2.82 bits per heavy atom.